The van der Waals surface area contributed by atoms with Gasteiger partial charge in [-0.05, 0) is 55.7 Å². The molecule has 24 heavy (non-hydrogen) atoms. The van der Waals surface area contributed by atoms with Gasteiger partial charge >= 0.3 is 0 Å². The molecule has 0 radical (unpaired) electrons. The first-order valence-electron chi connectivity index (χ1n) is 7.90. The molecular weight excluding hydrogens is 324 g/mol. The summed E-state index contributed by atoms with van der Waals surface area (Å²) in [6.45, 7) is 5.02. The monoisotopic (exact) mass is 342 g/mol. The second-order valence-electron chi connectivity index (χ2n) is 5.83. The van der Waals surface area contributed by atoms with Gasteiger partial charge in [0.15, 0.2) is 0 Å². The number of halogens is 1. The molecule has 0 amide bonds. The Hall–Kier alpha value is -2.33. The Balaban J connectivity index is 1.63. The van der Waals surface area contributed by atoms with Crippen molar-refractivity contribution in [2.24, 2.45) is 0 Å². The van der Waals surface area contributed by atoms with Crippen LogP contribution in [0.15, 0.2) is 47.5 Å². The topological polar surface area (TPSA) is 44.1 Å². The van der Waals surface area contributed by atoms with Crippen LogP contribution in [0.1, 0.15) is 17.5 Å². The predicted octanol–water partition coefficient (Wildman–Crippen LogP) is 4.14. The fraction of sp³-hybridized carbons (Fsp3) is 0.263. The third-order valence-corrected chi connectivity index (χ3v) is 4.55. The van der Waals surface area contributed by atoms with E-state index in [1.807, 2.05) is 44.2 Å². The minimum Gasteiger partial charge on any atom is -0.494 e. The summed E-state index contributed by atoms with van der Waals surface area (Å²) in [5, 5.41) is 1.42. The molecule has 1 aromatic heterocycles. The van der Waals surface area contributed by atoms with E-state index in [9.17, 15) is 4.79 Å². The van der Waals surface area contributed by atoms with Crippen molar-refractivity contribution in [1.29, 1.82) is 0 Å². The van der Waals surface area contributed by atoms with Crippen molar-refractivity contribution < 1.29 is 4.74 Å². The van der Waals surface area contributed by atoms with E-state index in [0.29, 0.717) is 18.5 Å². The lowest BCUT2D eigenvalue weighted by Crippen LogP contribution is -2.21. The summed E-state index contributed by atoms with van der Waals surface area (Å²) in [5.74, 6) is 0.804. The maximum absolute atomic E-state index is 12.4. The smallest absolute Gasteiger partial charge is 0.261 e. The molecule has 0 aliphatic heterocycles. The number of para-hydroxylation sites is 1. The van der Waals surface area contributed by atoms with Crippen LogP contribution in [0.5, 0.6) is 5.75 Å². The van der Waals surface area contributed by atoms with Gasteiger partial charge < -0.3 is 4.74 Å². The molecule has 2 aromatic carbocycles. The van der Waals surface area contributed by atoms with Gasteiger partial charge in [-0.1, -0.05) is 23.7 Å². The molecule has 3 rings (SSSR count). The SMILES string of the molecule is Cc1cc(OCCCn2cnc3ccccc3c2=O)cc(C)c1Cl. The van der Waals surface area contributed by atoms with Crippen molar-refractivity contribution in [3.05, 3.63) is 69.2 Å². The highest BCUT2D eigenvalue weighted by Crippen LogP contribution is 2.25. The molecule has 0 fully saturated rings. The molecule has 4 nitrogen and oxygen atoms in total. The molecule has 0 bridgehead atoms. The van der Waals surface area contributed by atoms with Gasteiger partial charge in [-0.25, -0.2) is 4.98 Å². The molecule has 3 aromatic rings. The molecule has 0 atom stereocenters. The lowest BCUT2D eigenvalue weighted by molar-refractivity contribution is 0.300. The first-order chi connectivity index (χ1) is 11.6. The summed E-state index contributed by atoms with van der Waals surface area (Å²) < 4.78 is 7.41. The standard InChI is InChI=1S/C19H19ClN2O2/c1-13-10-15(11-14(2)18(13)20)24-9-5-8-22-12-21-17-7-4-3-6-16(17)19(22)23/h3-4,6-7,10-12H,5,8-9H2,1-2H3. The van der Waals surface area contributed by atoms with Crippen molar-refractivity contribution >= 4 is 22.5 Å². The Morgan fingerprint density at radius 1 is 1.17 bits per heavy atom. The van der Waals surface area contributed by atoms with Crippen LogP contribution in [0.2, 0.25) is 5.02 Å². The van der Waals surface area contributed by atoms with Crippen molar-refractivity contribution in [3.8, 4) is 5.75 Å². The zero-order valence-corrected chi connectivity index (χ0v) is 14.5. The maximum atomic E-state index is 12.4. The molecule has 1 heterocycles. The molecule has 0 N–H and O–H groups in total. The molecule has 0 aliphatic rings. The molecule has 5 heteroatoms. The lowest BCUT2D eigenvalue weighted by Gasteiger charge is -2.11. The number of rotatable bonds is 5. The van der Waals surface area contributed by atoms with Crippen molar-refractivity contribution in [3.63, 3.8) is 0 Å². The summed E-state index contributed by atoms with van der Waals surface area (Å²) in [4.78, 5) is 16.7. The predicted molar refractivity (Wildman–Crippen MR) is 97.0 cm³/mol. The van der Waals surface area contributed by atoms with Crippen LogP contribution < -0.4 is 10.3 Å². The Kier molecular flexibility index (Phi) is 4.86. The van der Waals surface area contributed by atoms with Crippen molar-refractivity contribution in [2.75, 3.05) is 6.61 Å². The number of hydrogen-bond donors (Lipinski definition) is 0. The lowest BCUT2D eigenvalue weighted by atomic mass is 10.1. The van der Waals surface area contributed by atoms with Gasteiger partial charge in [-0.2, -0.15) is 0 Å². The number of aromatic nitrogens is 2. The molecule has 0 aliphatic carbocycles. The van der Waals surface area contributed by atoms with Crippen LogP contribution in [0, 0.1) is 13.8 Å². The van der Waals surface area contributed by atoms with E-state index in [4.69, 9.17) is 16.3 Å². The largest absolute Gasteiger partial charge is 0.494 e. The Morgan fingerprint density at radius 3 is 2.62 bits per heavy atom. The van der Waals surface area contributed by atoms with Gasteiger partial charge in [0, 0.05) is 11.6 Å². The second-order valence-corrected chi connectivity index (χ2v) is 6.21. The number of aryl methyl sites for hydroxylation is 3. The van der Waals surface area contributed by atoms with E-state index in [1.165, 1.54) is 0 Å². The summed E-state index contributed by atoms with van der Waals surface area (Å²) >= 11 is 6.16. The van der Waals surface area contributed by atoms with Gasteiger partial charge in [0.05, 0.1) is 23.8 Å². The van der Waals surface area contributed by atoms with Crippen LogP contribution in [-0.4, -0.2) is 16.2 Å². The van der Waals surface area contributed by atoms with E-state index in [2.05, 4.69) is 4.98 Å². The molecule has 0 unspecified atom stereocenters. The third kappa shape index (κ3) is 3.44. The van der Waals surface area contributed by atoms with Crippen LogP contribution in [0.25, 0.3) is 10.9 Å². The Labute approximate surface area is 145 Å². The minimum atomic E-state index is -0.0150. The van der Waals surface area contributed by atoms with Crippen LogP contribution in [0.3, 0.4) is 0 Å². The fourth-order valence-corrected chi connectivity index (χ4v) is 2.79. The highest BCUT2D eigenvalue weighted by Gasteiger charge is 2.05. The highest BCUT2D eigenvalue weighted by atomic mass is 35.5. The van der Waals surface area contributed by atoms with E-state index in [-0.39, 0.29) is 5.56 Å². The zero-order valence-electron chi connectivity index (χ0n) is 13.8. The average molecular weight is 343 g/mol. The van der Waals surface area contributed by atoms with E-state index < -0.39 is 0 Å². The first kappa shape index (κ1) is 16.5. The van der Waals surface area contributed by atoms with Crippen LogP contribution in [0.4, 0.5) is 0 Å². The van der Waals surface area contributed by atoms with Gasteiger partial charge in [-0.15, -0.1) is 0 Å². The number of hydrogen-bond acceptors (Lipinski definition) is 3. The quantitative estimate of drug-likeness (QED) is 0.655. The Bertz CT molecular complexity index is 911. The summed E-state index contributed by atoms with van der Waals surface area (Å²) in [6.07, 6.45) is 2.32. The molecule has 124 valence electrons. The first-order valence-corrected chi connectivity index (χ1v) is 8.28. The zero-order chi connectivity index (χ0) is 17.1. The third-order valence-electron chi connectivity index (χ3n) is 3.95. The van der Waals surface area contributed by atoms with Crippen LogP contribution >= 0.6 is 11.6 Å². The van der Waals surface area contributed by atoms with Gasteiger partial charge in [-0.3, -0.25) is 9.36 Å². The Morgan fingerprint density at radius 2 is 1.88 bits per heavy atom. The maximum Gasteiger partial charge on any atom is 0.261 e. The minimum absolute atomic E-state index is 0.0150. The van der Waals surface area contributed by atoms with Gasteiger partial charge in [0.2, 0.25) is 0 Å². The van der Waals surface area contributed by atoms with Crippen LogP contribution in [-0.2, 0) is 6.54 Å². The molecule has 0 spiro atoms. The van der Waals surface area contributed by atoms with Crippen molar-refractivity contribution in [1.82, 2.24) is 9.55 Å². The number of ether oxygens (including phenoxy) is 1. The molecule has 0 saturated carbocycles. The molecular formula is C19H19ClN2O2. The van der Waals surface area contributed by atoms with E-state index in [0.717, 1.165) is 33.8 Å². The number of benzene rings is 2. The average Bonchev–Trinajstić information content (AvgIpc) is 2.58. The van der Waals surface area contributed by atoms with E-state index in [1.54, 1.807) is 17.0 Å². The number of fused-ring (bicyclic) bond motifs is 1. The summed E-state index contributed by atoms with van der Waals surface area (Å²) in [6, 6.07) is 11.2. The van der Waals surface area contributed by atoms with Crippen molar-refractivity contribution in [2.45, 2.75) is 26.8 Å². The number of nitrogens with zero attached hydrogens (tertiary/aromatic N) is 2. The summed E-state index contributed by atoms with van der Waals surface area (Å²) in [7, 11) is 0. The van der Waals surface area contributed by atoms with E-state index >= 15 is 0 Å². The summed E-state index contributed by atoms with van der Waals surface area (Å²) in [5.41, 5.74) is 2.71. The molecule has 0 saturated heterocycles. The fourth-order valence-electron chi connectivity index (χ4n) is 2.68. The second kappa shape index (κ2) is 7.05. The van der Waals surface area contributed by atoms with Gasteiger partial charge in [0.1, 0.15) is 5.75 Å². The van der Waals surface area contributed by atoms with Gasteiger partial charge in [0.25, 0.3) is 5.56 Å². The normalized spacial score (nSPS) is 11.0. The highest BCUT2D eigenvalue weighted by molar-refractivity contribution is 6.32.